The molecule has 0 amide bonds. The summed E-state index contributed by atoms with van der Waals surface area (Å²) in [7, 11) is 0. The zero-order valence-electron chi connectivity index (χ0n) is 23.7. The van der Waals surface area contributed by atoms with Gasteiger partial charge in [0.25, 0.3) is 0 Å². The first-order valence-electron chi connectivity index (χ1n) is 15.0. The Balaban J connectivity index is 0.961. The first kappa shape index (κ1) is 26.3. The molecule has 3 aliphatic rings. The number of aryl methyl sites for hydroxylation is 1. The minimum atomic E-state index is 0.239. The number of likely N-dealkylation sites (tertiary alicyclic amines) is 1. The summed E-state index contributed by atoms with van der Waals surface area (Å²) in [6.07, 6.45) is 7.37. The Morgan fingerprint density at radius 1 is 1.02 bits per heavy atom. The molecule has 8 heteroatoms. The SMILES string of the molecule is Cc1cc(C(=O)C2CC2)ccc1COc1cccc(C2CCN(Cc3nc4cccnc4n3C[C@@H]3CCO3)CC2)n1. The van der Waals surface area contributed by atoms with Crippen molar-refractivity contribution >= 4 is 16.9 Å². The Bertz CT molecular complexity index is 1550. The van der Waals surface area contributed by atoms with E-state index < -0.39 is 0 Å². The van der Waals surface area contributed by atoms with E-state index >= 15 is 0 Å². The molecule has 5 heterocycles. The number of aromatic nitrogens is 4. The van der Waals surface area contributed by atoms with Crippen LogP contribution in [0.5, 0.6) is 5.88 Å². The first-order valence-corrected chi connectivity index (χ1v) is 15.0. The van der Waals surface area contributed by atoms with E-state index in [4.69, 9.17) is 19.4 Å². The quantitative estimate of drug-likeness (QED) is 0.242. The summed E-state index contributed by atoms with van der Waals surface area (Å²) in [4.78, 5) is 29.3. The fraction of sp³-hybridized carbons (Fsp3) is 0.455. The lowest BCUT2D eigenvalue weighted by molar-refractivity contribution is -0.0593. The maximum atomic E-state index is 12.4. The molecule has 7 rings (SSSR count). The molecule has 41 heavy (non-hydrogen) atoms. The van der Waals surface area contributed by atoms with E-state index in [1.54, 1.807) is 0 Å². The third kappa shape index (κ3) is 5.76. The molecule has 2 aliphatic heterocycles. The van der Waals surface area contributed by atoms with E-state index in [9.17, 15) is 4.79 Å². The van der Waals surface area contributed by atoms with Crippen molar-refractivity contribution in [1.82, 2.24) is 24.4 Å². The molecule has 212 valence electrons. The molecule has 3 aromatic heterocycles. The van der Waals surface area contributed by atoms with Crippen LogP contribution in [0.2, 0.25) is 0 Å². The standard InChI is InChI=1S/C33H37N5O3/c1-22-18-25(32(39)24-7-8-24)9-10-26(22)21-41-31-6-2-4-28(36-31)23-11-15-37(16-12-23)20-30-35-29-5-3-14-34-33(29)38(30)19-27-13-17-40-27/h2-6,9-10,14,18,23-24,27H,7-8,11-13,15-17,19-21H2,1H3/t27-/m0/s1. The number of rotatable bonds is 10. The summed E-state index contributed by atoms with van der Waals surface area (Å²) >= 11 is 0. The van der Waals surface area contributed by atoms with E-state index in [1.165, 1.54) is 0 Å². The molecule has 0 N–H and O–H groups in total. The molecule has 0 radical (unpaired) electrons. The first-order chi connectivity index (χ1) is 20.1. The Morgan fingerprint density at radius 2 is 1.88 bits per heavy atom. The summed E-state index contributed by atoms with van der Waals surface area (Å²) in [5.41, 5.74) is 6.00. The van der Waals surface area contributed by atoms with Crippen molar-refractivity contribution in [2.24, 2.45) is 5.92 Å². The van der Waals surface area contributed by atoms with Gasteiger partial charge in [0.15, 0.2) is 11.4 Å². The lowest BCUT2D eigenvalue weighted by atomic mass is 9.93. The van der Waals surface area contributed by atoms with Gasteiger partial charge in [0, 0.05) is 42.0 Å². The van der Waals surface area contributed by atoms with Crippen molar-refractivity contribution in [3.63, 3.8) is 0 Å². The molecule has 0 spiro atoms. The molecule has 2 saturated heterocycles. The number of ketones is 1. The molecule has 1 aromatic carbocycles. The minimum absolute atomic E-state index is 0.239. The van der Waals surface area contributed by atoms with Gasteiger partial charge in [-0.1, -0.05) is 18.2 Å². The largest absolute Gasteiger partial charge is 0.473 e. The molecular weight excluding hydrogens is 514 g/mol. The number of carbonyl (C=O) groups is 1. The maximum Gasteiger partial charge on any atom is 0.213 e. The molecule has 1 saturated carbocycles. The zero-order chi connectivity index (χ0) is 27.8. The number of Topliss-reactive ketones (excluding diaryl/α,β-unsaturated/α-hetero) is 1. The monoisotopic (exact) mass is 551 g/mol. The molecule has 0 bridgehead atoms. The Hall–Kier alpha value is -3.62. The molecular formula is C33H37N5O3. The van der Waals surface area contributed by atoms with Gasteiger partial charge in [0.1, 0.15) is 17.9 Å². The van der Waals surface area contributed by atoms with E-state index in [-0.39, 0.29) is 17.8 Å². The van der Waals surface area contributed by atoms with Gasteiger partial charge in [-0.15, -0.1) is 0 Å². The fourth-order valence-corrected chi connectivity index (χ4v) is 6.02. The van der Waals surface area contributed by atoms with Crippen LogP contribution in [-0.2, 0) is 24.4 Å². The van der Waals surface area contributed by atoms with E-state index in [0.717, 1.165) is 104 Å². The summed E-state index contributed by atoms with van der Waals surface area (Å²) in [6, 6.07) is 16.1. The molecule has 1 aliphatic carbocycles. The van der Waals surface area contributed by atoms with Crippen LogP contribution in [0.3, 0.4) is 0 Å². The molecule has 1 atom stereocenters. The molecule has 3 fully saturated rings. The Morgan fingerprint density at radius 3 is 2.63 bits per heavy atom. The number of nitrogens with zero attached hydrogens (tertiary/aromatic N) is 5. The van der Waals surface area contributed by atoms with Gasteiger partial charge in [-0.2, -0.15) is 0 Å². The second-order valence-corrected chi connectivity index (χ2v) is 11.8. The number of fused-ring (bicyclic) bond motifs is 1. The average Bonchev–Trinajstić information content (AvgIpc) is 3.77. The average molecular weight is 552 g/mol. The number of pyridine rings is 2. The summed E-state index contributed by atoms with van der Waals surface area (Å²) < 4.78 is 14.1. The predicted molar refractivity (Wildman–Crippen MR) is 156 cm³/mol. The van der Waals surface area contributed by atoms with Gasteiger partial charge < -0.3 is 14.0 Å². The van der Waals surface area contributed by atoms with Crippen LogP contribution >= 0.6 is 0 Å². The highest BCUT2D eigenvalue weighted by atomic mass is 16.5. The van der Waals surface area contributed by atoms with Crippen molar-refractivity contribution in [3.8, 4) is 5.88 Å². The summed E-state index contributed by atoms with van der Waals surface area (Å²) in [5.74, 6) is 2.65. The van der Waals surface area contributed by atoms with Crippen LogP contribution in [0.4, 0.5) is 0 Å². The topological polar surface area (TPSA) is 82.4 Å². The third-order valence-electron chi connectivity index (χ3n) is 8.83. The molecule has 8 nitrogen and oxygen atoms in total. The van der Waals surface area contributed by atoms with Crippen molar-refractivity contribution in [3.05, 3.63) is 82.9 Å². The second kappa shape index (κ2) is 11.3. The number of ether oxygens (including phenoxy) is 2. The Labute approximate surface area is 240 Å². The highest BCUT2D eigenvalue weighted by molar-refractivity contribution is 5.99. The van der Waals surface area contributed by atoms with E-state index in [0.29, 0.717) is 18.4 Å². The third-order valence-corrected chi connectivity index (χ3v) is 8.83. The number of hydrogen-bond acceptors (Lipinski definition) is 7. The number of piperidine rings is 1. The van der Waals surface area contributed by atoms with Gasteiger partial charge in [-0.3, -0.25) is 9.69 Å². The van der Waals surface area contributed by atoms with Crippen molar-refractivity contribution in [2.75, 3.05) is 19.7 Å². The Kier molecular flexibility index (Phi) is 7.27. The summed E-state index contributed by atoms with van der Waals surface area (Å²) in [6.45, 7) is 6.98. The summed E-state index contributed by atoms with van der Waals surface area (Å²) in [5, 5.41) is 0. The van der Waals surface area contributed by atoms with Gasteiger partial charge in [0.2, 0.25) is 5.88 Å². The van der Waals surface area contributed by atoms with Crippen LogP contribution in [0.25, 0.3) is 11.2 Å². The van der Waals surface area contributed by atoms with Crippen molar-refractivity contribution in [2.45, 2.75) is 70.7 Å². The second-order valence-electron chi connectivity index (χ2n) is 11.8. The minimum Gasteiger partial charge on any atom is -0.473 e. The fourth-order valence-electron chi connectivity index (χ4n) is 6.02. The smallest absolute Gasteiger partial charge is 0.213 e. The van der Waals surface area contributed by atoms with Crippen LogP contribution in [0, 0.1) is 12.8 Å². The number of benzene rings is 1. The molecule has 4 aromatic rings. The lowest BCUT2D eigenvalue weighted by Gasteiger charge is -2.32. The van der Waals surface area contributed by atoms with Crippen molar-refractivity contribution in [1.29, 1.82) is 0 Å². The predicted octanol–water partition coefficient (Wildman–Crippen LogP) is 5.47. The number of hydrogen-bond donors (Lipinski definition) is 0. The van der Waals surface area contributed by atoms with E-state index in [2.05, 4.69) is 20.5 Å². The molecule has 0 unspecified atom stereocenters. The normalized spacial score (nSPS) is 19.8. The van der Waals surface area contributed by atoms with Crippen LogP contribution in [-0.4, -0.2) is 56.0 Å². The number of carbonyl (C=O) groups excluding carboxylic acids is 1. The lowest BCUT2D eigenvalue weighted by Crippen LogP contribution is -2.35. The maximum absolute atomic E-state index is 12.4. The van der Waals surface area contributed by atoms with Crippen molar-refractivity contribution < 1.29 is 14.3 Å². The van der Waals surface area contributed by atoms with Gasteiger partial charge in [0.05, 0.1) is 19.2 Å². The van der Waals surface area contributed by atoms with Gasteiger partial charge in [-0.25, -0.2) is 15.0 Å². The number of imidazole rings is 1. The van der Waals surface area contributed by atoms with Gasteiger partial charge >= 0.3 is 0 Å². The van der Waals surface area contributed by atoms with E-state index in [1.807, 2.05) is 55.6 Å². The van der Waals surface area contributed by atoms with Crippen LogP contribution in [0.15, 0.2) is 54.7 Å². The van der Waals surface area contributed by atoms with Crippen LogP contribution in [0.1, 0.15) is 71.0 Å². The highest BCUT2D eigenvalue weighted by Crippen LogP contribution is 2.33. The van der Waals surface area contributed by atoms with Gasteiger partial charge in [-0.05, 0) is 87.5 Å². The highest BCUT2D eigenvalue weighted by Gasteiger charge is 2.30. The van der Waals surface area contributed by atoms with Crippen LogP contribution < -0.4 is 4.74 Å². The zero-order valence-corrected chi connectivity index (χ0v) is 23.7.